The van der Waals surface area contributed by atoms with Gasteiger partial charge in [0.25, 0.3) is 5.92 Å². The van der Waals surface area contributed by atoms with Crippen LogP contribution in [0.1, 0.15) is 43.2 Å². The van der Waals surface area contributed by atoms with Gasteiger partial charge in [-0.15, -0.1) is 0 Å². The molecule has 0 bridgehead atoms. The first-order chi connectivity index (χ1) is 7.90. The Balaban J connectivity index is 2.19. The summed E-state index contributed by atoms with van der Waals surface area (Å²) in [6.45, 7) is 3.45. The number of alkyl halides is 2. The van der Waals surface area contributed by atoms with Crippen LogP contribution in [0.5, 0.6) is 0 Å². The van der Waals surface area contributed by atoms with E-state index in [4.69, 9.17) is 0 Å². The molecule has 0 aliphatic heterocycles. The van der Waals surface area contributed by atoms with Gasteiger partial charge in [0, 0.05) is 12.3 Å². The highest BCUT2D eigenvalue weighted by Crippen LogP contribution is 2.45. The van der Waals surface area contributed by atoms with Gasteiger partial charge in [-0.25, -0.2) is 13.2 Å². The Kier molecular flexibility index (Phi) is 3.19. The van der Waals surface area contributed by atoms with Crippen molar-refractivity contribution in [1.29, 1.82) is 0 Å². The van der Waals surface area contributed by atoms with Gasteiger partial charge in [0.2, 0.25) is 0 Å². The summed E-state index contributed by atoms with van der Waals surface area (Å²) >= 11 is 0. The Hall–Kier alpha value is -0.990. The quantitative estimate of drug-likeness (QED) is 0.671. The third kappa shape index (κ3) is 2.48. The lowest BCUT2D eigenvalue weighted by molar-refractivity contribution is -0.0830. The fourth-order valence-corrected chi connectivity index (χ4v) is 2.71. The van der Waals surface area contributed by atoms with Crippen molar-refractivity contribution in [2.24, 2.45) is 5.92 Å². The van der Waals surface area contributed by atoms with E-state index in [0.29, 0.717) is 12.8 Å². The monoisotopic (exact) mass is 242 g/mol. The van der Waals surface area contributed by atoms with Gasteiger partial charge >= 0.3 is 0 Å². The van der Waals surface area contributed by atoms with Crippen LogP contribution in [0.2, 0.25) is 0 Å². The highest BCUT2D eigenvalue weighted by molar-refractivity contribution is 5.30. The summed E-state index contributed by atoms with van der Waals surface area (Å²) in [5.41, 5.74) is 1.89. The van der Waals surface area contributed by atoms with E-state index in [-0.39, 0.29) is 18.2 Å². The zero-order valence-electron chi connectivity index (χ0n) is 10.1. The van der Waals surface area contributed by atoms with Crippen LogP contribution in [-0.2, 0) is 0 Å². The highest BCUT2D eigenvalue weighted by atomic mass is 19.3. The maximum absolute atomic E-state index is 13.4. The van der Waals surface area contributed by atoms with Crippen molar-refractivity contribution < 1.29 is 13.2 Å². The Bertz CT molecular complexity index is 412. The van der Waals surface area contributed by atoms with Gasteiger partial charge < -0.3 is 0 Å². The SMILES string of the molecule is Cc1cc(F)ccc1C1CCC(F)(F)C(C)C1. The van der Waals surface area contributed by atoms with Crippen molar-refractivity contribution in [3.05, 3.63) is 35.1 Å². The number of aryl methyl sites for hydroxylation is 1. The molecule has 2 atom stereocenters. The predicted octanol–water partition coefficient (Wildman–Crippen LogP) is 4.67. The van der Waals surface area contributed by atoms with E-state index in [2.05, 4.69) is 0 Å². The first kappa shape index (κ1) is 12.5. The largest absolute Gasteiger partial charge is 0.250 e. The molecule has 17 heavy (non-hydrogen) atoms. The molecule has 2 rings (SSSR count). The molecule has 1 saturated carbocycles. The molecule has 0 amide bonds. The van der Waals surface area contributed by atoms with Crippen molar-refractivity contribution in [1.82, 2.24) is 0 Å². The Morgan fingerprint density at radius 2 is 2.00 bits per heavy atom. The van der Waals surface area contributed by atoms with E-state index in [1.807, 2.05) is 6.92 Å². The second-order valence-electron chi connectivity index (χ2n) is 5.13. The van der Waals surface area contributed by atoms with Crippen LogP contribution < -0.4 is 0 Å². The molecule has 0 aromatic heterocycles. The smallest absolute Gasteiger partial charge is 0.207 e. The summed E-state index contributed by atoms with van der Waals surface area (Å²) in [4.78, 5) is 0. The minimum Gasteiger partial charge on any atom is -0.207 e. The van der Waals surface area contributed by atoms with Crippen molar-refractivity contribution in [2.45, 2.75) is 45.0 Å². The topological polar surface area (TPSA) is 0 Å². The Morgan fingerprint density at radius 1 is 1.29 bits per heavy atom. The van der Waals surface area contributed by atoms with Crippen LogP contribution in [-0.4, -0.2) is 5.92 Å². The lowest BCUT2D eigenvalue weighted by atomic mass is 9.75. The average molecular weight is 242 g/mol. The molecule has 1 aliphatic carbocycles. The van der Waals surface area contributed by atoms with Crippen LogP contribution in [0.15, 0.2) is 18.2 Å². The van der Waals surface area contributed by atoms with E-state index < -0.39 is 11.8 Å². The molecule has 1 aliphatic rings. The van der Waals surface area contributed by atoms with Gasteiger partial charge in [-0.05, 0) is 48.9 Å². The maximum atomic E-state index is 13.4. The Morgan fingerprint density at radius 3 is 2.59 bits per heavy atom. The standard InChI is InChI=1S/C14H17F3/c1-9-7-12(15)3-4-13(9)11-5-6-14(16,17)10(2)8-11/h3-4,7,10-11H,5-6,8H2,1-2H3. The first-order valence-electron chi connectivity index (χ1n) is 6.04. The summed E-state index contributed by atoms with van der Waals surface area (Å²) in [6.07, 6.45) is 0.916. The fraction of sp³-hybridized carbons (Fsp3) is 0.571. The summed E-state index contributed by atoms with van der Waals surface area (Å²) in [6, 6.07) is 4.64. The van der Waals surface area contributed by atoms with E-state index in [9.17, 15) is 13.2 Å². The van der Waals surface area contributed by atoms with Crippen molar-refractivity contribution in [3.8, 4) is 0 Å². The molecule has 1 fully saturated rings. The molecule has 94 valence electrons. The predicted molar refractivity (Wildman–Crippen MR) is 61.8 cm³/mol. The molecule has 0 saturated heterocycles. The minimum absolute atomic E-state index is 0.0599. The molecular weight excluding hydrogens is 225 g/mol. The van der Waals surface area contributed by atoms with Gasteiger partial charge in [-0.3, -0.25) is 0 Å². The molecule has 0 N–H and O–H groups in total. The van der Waals surface area contributed by atoms with Crippen LogP contribution in [0, 0.1) is 18.7 Å². The molecule has 1 aromatic carbocycles. The summed E-state index contributed by atoms with van der Waals surface area (Å²) in [7, 11) is 0. The van der Waals surface area contributed by atoms with Gasteiger partial charge in [0.1, 0.15) is 5.82 Å². The zero-order chi connectivity index (χ0) is 12.6. The third-order valence-electron chi connectivity index (χ3n) is 3.86. The molecular formula is C14H17F3. The number of benzene rings is 1. The lowest BCUT2D eigenvalue weighted by Crippen LogP contribution is -2.32. The first-order valence-corrected chi connectivity index (χ1v) is 6.04. The minimum atomic E-state index is -2.54. The van der Waals surface area contributed by atoms with Gasteiger partial charge in [0.05, 0.1) is 0 Å². The van der Waals surface area contributed by atoms with Crippen LogP contribution in [0.3, 0.4) is 0 Å². The summed E-state index contributed by atoms with van der Waals surface area (Å²) < 4.78 is 39.8. The molecule has 0 nitrogen and oxygen atoms in total. The fourth-order valence-electron chi connectivity index (χ4n) is 2.71. The number of hydrogen-bond donors (Lipinski definition) is 0. The van der Waals surface area contributed by atoms with Crippen molar-refractivity contribution in [3.63, 3.8) is 0 Å². The Labute approximate surface area is 99.8 Å². The van der Waals surface area contributed by atoms with E-state index in [1.54, 1.807) is 13.0 Å². The van der Waals surface area contributed by atoms with Gasteiger partial charge in [0.15, 0.2) is 0 Å². The van der Waals surface area contributed by atoms with Gasteiger partial charge in [-0.2, -0.15) is 0 Å². The maximum Gasteiger partial charge on any atom is 0.250 e. The number of halogens is 3. The molecule has 0 spiro atoms. The zero-order valence-corrected chi connectivity index (χ0v) is 10.1. The van der Waals surface area contributed by atoms with E-state index in [1.165, 1.54) is 12.1 Å². The molecule has 1 aromatic rings. The third-order valence-corrected chi connectivity index (χ3v) is 3.86. The molecule has 0 heterocycles. The number of rotatable bonds is 1. The van der Waals surface area contributed by atoms with Gasteiger partial charge in [-0.1, -0.05) is 13.0 Å². The van der Waals surface area contributed by atoms with Crippen LogP contribution >= 0.6 is 0 Å². The number of hydrogen-bond acceptors (Lipinski definition) is 0. The highest BCUT2D eigenvalue weighted by Gasteiger charge is 2.42. The van der Waals surface area contributed by atoms with Crippen LogP contribution in [0.4, 0.5) is 13.2 Å². The van der Waals surface area contributed by atoms with Crippen molar-refractivity contribution >= 4 is 0 Å². The van der Waals surface area contributed by atoms with Crippen molar-refractivity contribution in [2.75, 3.05) is 0 Å². The second-order valence-corrected chi connectivity index (χ2v) is 5.13. The molecule has 3 heteroatoms. The summed E-state index contributed by atoms with van der Waals surface area (Å²) in [5, 5.41) is 0. The normalized spacial score (nSPS) is 28.1. The van der Waals surface area contributed by atoms with E-state index in [0.717, 1.165) is 11.1 Å². The summed E-state index contributed by atoms with van der Waals surface area (Å²) in [5.74, 6) is -3.25. The lowest BCUT2D eigenvalue weighted by Gasteiger charge is -2.34. The van der Waals surface area contributed by atoms with E-state index >= 15 is 0 Å². The average Bonchev–Trinajstić information content (AvgIpc) is 2.23. The molecule has 2 unspecified atom stereocenters. The second kappa shape index (κ2) is 4.35. The van der Waals surface area contributed by atoms with Crippen LogP contribution in [0.25, 0.3) is 0 Å². The molecule has 0 radical (unpaired) electrons.